The minimum absolute atomic E-state index is 0.191. The van der Waals surface area contributed by atoms with Crippen LogP contribution >= 0.6 is 0 Å². The van der Waals surface area contributed by atoms with E-state index in [2.05, 4.69) is 63.4 Å². The SMILES string of the molecule is C=CCn1c(=O)c2cnc(Nc3ccc(N4CCN(C)CC4)cc3)nc2n1-c1ccc2c3c(n(CC)c2n1)OCCC3. The molecule has 1 saturated heterocycles. The first-order chi connectivity index (χ1) is 20.6. The lowest BCUT2D eigenvalue weighted by atomic mass is 10.1. The van der Waals surface area contributed by atoms with Gasteiger partial charge in [-0.3, -0.25) is 9.36 Å². The number of pyridine rings is 1. The Balaban J connectivity index is 1.27. The number of piperazine rings is 1. The maximum atomic E-state index is 13.5. The second-order valence-electron chi connectivity index (χ2n) is 10.9. The van der Waals surface area contributed by atoms with Crippen LogP contribution < -0.4 is 20.5 Å². The normalized spacial score (nSPS) is 15.6. The molecule has 0 amide bonds. The molecular formula is C31H35N9O2. The summed E-state index contributed by atoms with van der Waals surface area (Å²) in [6.07, 6.45) is 5.24. The smallest absolute Gasteiger partial charge is 0.278 e. The summed E-state index contributed by atoms with van der Waals surface area (Å²) in [6.45, 7) is 11.9. The van der Waals surface area contributed by atoms with Gasteiger partial charge in [0.15, 0.2) is 17.3 Å². The topological polar surface area (TPSA) is 98.3 Å². The van der Waals surface area contributed by atoms with Gasteiger partial charge in [0, 0.05) is 61.2 Å². The number of nitrogens with one attached hydrogen (secondary N) is 1. The standard InChI is InChI=1S/C31H35N9O2/c1-4-14-39-29(41)25-20-32-31(33-21-8-10-22(11-9-21)37-17-15-36(3)16-18-37)35-28(25)40(39)26-13-12-23-24-7-6-19-42-30(24)38(5-2)27(23)34-26/h4,8-13,20H,1,5-7,14-19H2,2-3H3,(H,32,33,35). The molecule has 1 aromatic carbocycles. The lowest BCUT2D eigenvalue weighted by molar-refractivity contribution is 0.266. The van der Waals surface area contributed by atoms with Crippen LogP contribution in [0.25, 0.3) is 27.9 Å². The molecule has 6 heterocycles. The van der Waals surface area contributed by atoms with Gasteiger partial charge < -0.3 is 19.9 Å². The van der Waals surface area contributed by atoms with Gasteiger partial charge in [-0.15, -0.1) is 6.58 Å². The van der Waals surface area contributed by atoms with Gasteiger partial charge in [-0.1, -0.05) is 6.08 Å². The Bertz CT molecular complexity index is 1840. The average Bonchev–Trinajstić information content (AvgIpc) is 3.48. The highest BCUT2D eigenvalue weighted by Gasteiger charge is 2.24. The Morgan fingerprint density at radius 2 is 1.83 bits per heavy atom. The number of nitrogens with zero attached hydrogens (tertiary/aromatic N) is 8. The molecule has 0 atom stereocenters. The van der Waals surface area contributed by atoms with Gasteiger partial charge in [-0.25, -0.2) is 19.3 Å². The highest BCUT2D eigenvalue weighted by atomic mass is 16.5. The van der Waals surface area contributed by atoms with E-state index in [0.29, 0.717) is 36.0 Å². The maximum absolute atomic E-state index is 13.5. The molecule has 2 aliphatic heterocycles. The second-order valence-corrected chi connectivity index (χ2v) is 10.9. The fraction of sp³-hybridized carbons (Fsp3) is 0.355. The Hall–Kier alpha value is -4.64. The number of hydrogen-bond acceptors (Lipinski definition) is 8. The fourth-order valence-corrected chi connectivity index (χ4v) is 6.05. The molecule has 0 saturated carbocycles. The van der Waals surface area contributed by atoms with Crippen LogP contribution in [0, 0.1) is 0 Å². The van der Waals surface area contributed by atoms with Crippen molar-refractivity contribution in [1.82, 2.24) is 33.8 Å². The van der Waals surface area contributed by atoms with Crippen LogP contribution in [-0.4, -0.2) is 73.6 Å². The third-order valence-electron chi connectivity index (χ3n) is 8.26. The number of anilines is 3. The molecular weight excluding hydrogens is 530 g/mol. The number of aryl methyl sites for hydroxylation is 2. The number of fused-ring (bicyclic) bond motifs is 4. The first-order valence-electron chi connectivity index (χ1n) is 14.6. The number of rotatable bonds is 7. The molecule has 0 spiro atoms. The van der Waals surface area contributed by atoms with E-state index in [9.17, 15) is 4.79 Å². The monoisotopic (exact) mass is 565 g/mol. The predicted octanol–water partition coefficient (Wildman–Crippen LogP) is 3.96. The van der Waals surface area contributed by atoms with Crippen LogP contribution in [0.5, 0.6) is 5.88 Å². The molecule has 11 nitrogen and oxygen atoms in total. The number of allylic oxidation sites excluding steroid dienone is 1. The van der Waals surface area contributed by atoms with Crippen molar-refractivity contribution in [3.63, 3.8) is 0 Å². The molecule has 0 unspecified atom stereocenters. The summed E-state index contributed by atoms with van der Waals surface area (Å²) in [5, 5.41) is 4.82. The van der Waals surface area contributed by atoms with E-state index in [0.717, 1.165) is 68.2 Å². The molecule has 11 heteroatoms. The number of hydrogen-bond donors (Lipinski definition) is 1. The maximum Gasteiger partial charge on any atom is 0.278 e. The van der Waals surface area contributed by atoms with Crippen LogP contribution in [0.2, 0.25) is 0 Å². The van der Waals surface area contributed by atoms with Gasteiger partial charge in [0.2, 0.25) is 5.95 Å². The number of ether oxygens (including phenoxy) is 1. The first-order valence-corrected chi connectivity index (χ1v) is 14.6. The largest absolute Gasteiger partial charge is 0.479 e. The van der Waals surface area contributed by atoms with Crippen LogP contribution in [0.15, 0.2) is 60.0 Å². The van der Waals surface area contributed by atoms with Crippen molar-refractivity contribution in [2.75, 3.05) is 50.1 Å². The van der Waals surface area contributed by atoms with Crippen molar-refractivity contribution >= 4 is 39.4 Å². The summed E-state index contributed by atoms with van der Waals surface area (Å²) in [4.78, 5) is 32.6. The molecule has 7 rings (SSSR count). The van der Waals surface area contributed by atoms with E-state index in [1.54, 1.807) is 21.6 Å². The van der Waals surface area contributed by atoms with Gasteiger partial charge in [-0.2, -0.15) is 4.98 Å². The quantitative estimate of drug-likeness (QED) is 0.296. The van der Waals surface area contributed by atoms with Crippen LogP contribution in [0.4, 0.5) is 17.3 Å². The summed E-state index contributed by atoms with van der Waals surface area (Å²) >= 11 is 0. The van der Waals surface area contributed by atoms with E-state index < -0.39 is 0 Å². The van der Waals surface area contributed by atoms with Gasteiger partial charge in [0.1, 0.15) is 11.0 Å². The minimum atomic E-state index is -0.191. The van der Waals surface area contributed by atoms with Crippen molar-refractivity contribution < 1.29 is 4.74 Å². The lowest BCUT2D eigenvalue weighted by Gasteiger charge is -2.34. The van der Waals surface area contributed by atoms with Gasteiger partial charge in [-0.05, 0) is 63.2 Å². The van der Waals surface area contributed by atoms with Gasteiger partial charge >= 0.3 is 0 Å². The van der Waals surface area contributed by atoms with Crippen LogP contribution in [-0.2, 0) is 19.5 Å². The van der Waals surface area contributed by atoms with E-state index in [1.807, 2.05) is 18.2 Å². The zero-order chi connectivity index (χ0) is 28.8. The minimum Gasteiger partial charge on any atom is -0.479 e. The van der Waals surface area contributed by atoms with E-state index >= 15 is 0 Å². The van der Waals surface area contributed by atoms with Crippen molar-refractivity contribution in [2.45, 2.75) is 32.9 Å². The summed E-state index contributed by atoms with van der Waals surface area (Å²) in [5.74, 6) is 1.90. The fourth-order valence-electron chi connectivity index (χ4n) is 6.05. The highest BCUT2D eigenvalue weighted by Crippen LogP contribution is 2.35. The Morgan fingerprint density at radius 3 is 2.60 bits per heavy atom. The molecule has 2 aliphatic rings. The summed E-state index contributed by atoms with van der Waals surface area (Å²) < 4.78 is 11.5. The molecule has 0 radical (unpaired) electrons. The van der Waals surface area contributed by atoms with Crippen LogP contribution in [0.3, 0.4) is 0 Å². The second kappa shape index (κ2) is 10.6. The Labute approximate surface area is 243 Å². The summed E-state index contributed by atoms with van der Waals surface area (Å²) in [7, 11) is 2.16. The third-order valence-corrected chi connectivity index (χ3v) is 8.26. The molecule has 5 aromatic rings. The number of aromatic nitrogens is 6. The predicted molar refractivity (Wildman–Crippen MR) is 166 cm³/mol. The zero-order valence-electron chi connectivity index (χ0n) is 24.1. The lowest BCUT2D eigenvalue weighted by Crippen LogP contribution is -2.44. The van der Waals surface area contributed by atoms with Gasteiger partial charge in [0.25, 0.3) is 5.56 Å². The Kier molecular flexibility index (Phi) is 6.66. The Morgan fingerprint density at radius 1 is 1.02 bits per heavy atom. The zero-order valence-corrected chi connectivity index (χ0v) is 24.1. The molecule has 1 N–H and O–H groups in total. The van der Waals surface area contributed by atoms with Crippen molar-refractivity contribution in [2.24, 2.45) is 0 Å². The number of benzene rings is 1. The van der Waals surface area contributed by atoms with Crippen molar-refractivity contribution in [3.05, 3.63) is 71.2 Å². The molecule has 4 aromatic heterocycles. The average molecular weight is 566 g/mol. The first kappa shape index (κ1) is 26.3. The molecule has 216 valence electrons. The van der Waals surface area contributed by atoms with Crippen LogP contribution in [0.1, 0.15) is 18.9 Å². The summed E-state index contributed by atoms with van der Waals surface area (Å²) in [5.41, 5.74) is 4.40. The molecule has 0 bridgehead atoms. The molecule has 42 heavy (non-hydrogen) atoms. The highest BCUT2D eigenvalue weighted by molar-refractivity contribution is 5.85. The molecule has 0 aliphatic carbocycles. The van der Waals surface area contributed by atoms with E-state index in [1.165, 1.54) is 11.3 Å². The van der Waals surface area contributed by atoms with Crippen molar-refractivity contribution in [1.29, 1.82) is 0 Å². The number of likely N-dealkylation sites (N-methyl/N-ethyl adjacent to an activating group) is 1. The molecule has 1 fully saturated rings. The van der Waals surface area contributed by atoms with Crippen molar-refractivity contribution in [3.8, 4) is 11.7 Å². The van der Waals surface area contributed by atoms with E-state index in [4.69, 9.17) is 14.7 Å². The van der Waals surface area contributed by atoms with E-state index in [-0.39, 0.29) is 5.56 Å². The summed E-state index contributed by atoms with van der Waals surface area (Å²) in [6, 6.07) is 12.3. The third kappa shape index (κ3) is 4.40. The van der Waals surface area contributed by atoms with Gasteiger partial charge in [0.05, 0.1) is 13.2 Å².